The van der Waals surface area contributed by atoms with E-state index in [-0.39, 0.29) is 18.2 Å². The summed E-state index contributed by atoms with van der Waals surface area (Å²) in [5.41, 5.74) is 0. The van der Waals surface area contributed by atoms with Crippen LogP contribution in [0.25, 0.3) is 0 Å². The van der Waals surface area contributed by atoms with Crippen molar-refractivity contribution < 1.29 is 14.3 Å². The molecule has 1 heterocycles. The first-order valence-electron chi connectivity index (χ1n) is 5.39. The van der Waals surface area contributed by atoms with Crippen molar-refractivity contribution in [3.8, 4) is 0 Å². The molecule has 80 valence electrons. The number of morpholine rings is 1. The highest BCUT2D eigenvalue weighted by Crippen LogP contribution is 2.21. The van der Waals surface area contributed by atoms with Crippen LogP contribution in [-0.4, -0.2) is 37.9 Å². The molecule has 1 aliphatic heterocycles. The van der Waals surface area contributed by atoms with Crippen molar-refractivity contribution in [2.45, 2.75) is 37.9 Å². The minimum absolute atomic E-state index is 0.146. The number of carbonyl (C=O) groups is 1. The van der Waals surface area contributed by atoms with E-state index < -0.39 is 0 Å². The third kappa shape index (κ3) is 2.45. The van der Waals surface area contributed by atoms with E-state index in [0.717, 1.165) is 19.4 Å². The molecule has 14 heavy (non-hydrogen) atoms. The molecule has 1 N–H and O–H groups in total. The minimum Gasteiger partial charge on any atom is -0.460 e. The van der Waals surface area contributed by atoms with Crippen LogP contribution in [0.5, 0.6) is 0 Å². The van der Waals surface area contributed by atoms with Crippen LogP contribution in [0, 0.1) is 0 Å². The number of esters is 1. The van der Waals surface area contributed by atoms with Gasteiger partial charge in [0.2, 0.25) is 0 Å². The Kier molecular flexibility index (Phi) is 3.37. The summed E-state index contributed by atoms with van der Waals surface area (Å²) in [6, 6.07) is 0. The lowest BCUT2D eigenvalue weighted by Gasteiger charge is -2.23. The average Bonchev–Trinajstić information content (AvgIpc) is 2.72. The minimum atomic E-state index is -0.385. The van der Waals surface area contributed by atoms with Gasteiger partial charge >= 0.3 is 5.97 Å². The predicted octanol–water partition coefficient (Wildman–Crippen LogP) is 0.461. The van der Waals surface area contributed by atoms with Crippen LogP contribution >= 0.6 is 0 Å². The zero-order valence-corrected chi connectivity index (χ0v) is 8.33. The Bertz CT molecular complexity index is 196. The van der Waals surface area contributed by atoms with Gasteiger partial charge in [-0.1, -0.05) is 0 Å². The normalized spacial score (nSPS) is 29.0. The molecule has 0 aromatic rings. The van der Waals surface area contributed by atoms with E-state index in [1.807, 2.05) is 0 Å². The Morgan fingerprint density at radius 1 is 1.36 bits per heavy atom. The van der Waals surface area contributed by atoms with Gasteiger partial charge in [-0.25, -0.2) is 4.79 Å². The van der Waals surface area contributed by atoms with E-state index in [0.29, 0.717) is 13.2 Å². The fraction of sp³-hybridized carbons (Fsp3) is 0.900. The highest BCUT2D eigenvalue weighted by Gasteiger charge is 2.27. The molecule has 2 rings (SSSR count). The van der Waals surface area contributed by atoms with Crippen LogP contribution in [0.3, 0.4) is 0 Å². The zero-order valence-electron chi connectivity index (χ0n) is 8.33. The number of nitrogens with one attached hydrogen (secondary N) is 1. The van der Waals surface area contributed by atoms with Crippen LogP contribution in [-0.2, 0) is 14.3 Å². The third-order valence-corrected chi connectivity index (χ3v) is 2.78. The van der Waals surface area contributed by atoms with Crippen LogP contribution in [0.4, 0.5) is 0 Å². The lowest BCUT2D eigenvalue weighted by atomic mass is 10.3. The second-order valence-electron chi connectivity index (χ2n) is 3.91. The topological polar surface area (TPSA) is 47.6 Å². The molecule has 2 aliphatic rings. The fourth-order valence-electron chi connectivity index (χ4n) is 1.96. The molecule has 0 bridgehead atoms. The predicted molar refractivity (Wildman–Crippen MR) is 51.0 cm³/mol. The van der Waals surface area contributed by atoms with Gasteiger partial charge in [0.1, 0.15) is 6.10 Å². The van der Waals surface area contributed by atoms with E-state index in [1.54, 1.807) is 0 Å². The molecule has 1 atom stereocenters. The first kappa shape index (κ1) is 9.93. The number of ether oxygens (including phenoxy) is 2. The molecule has 4 nitrogen and oxygen atoms in total. The molecule has 0 aromatic heterocycles. The first-order valence-corrected chi connectivity index (χ1v) is 5.39. The lowest BCUT2D eigenvalue weighted by Crippen LogP contribution is -2.44. The number of hydrogen-bond acceptors (Lipinski definition) is 4. The summed E-state index contributed by atoms with van der Waals surface area (Å²) in [6.45, 7) is 2.02. The third-order valence-electron chi connectivity index (χ3n) is 2.78. The smallest absolute Gasteiger partial charge is 0.336 e. The molecule has 0 radical (unpaired) electrons. The van der Waals surface area contributed by atoms with Gasteiger partial charge < -0.3 is 14.8 Å². The van der Waals surface area contributed by atoms with Gasteiger partial charge in [-0.2, -0.15) is 0 Å². The van der Waals surface area contributed by atoms with Gasteiger partial charge in [0, 0.05) is 13.1 Å². The highest BCUT2D eigenvalue weighted by atomic mass is 16.6. The summed E-state index contributed by atoms with van der Waals surface area (Å²) < 4.78 is 10.7. The van der Waals surface area contributed by atoms with Crippen molar-refractivity contribution >= 4 is 5.97 Å². The van der Waals surface area contributed by atoms with Gasteiger partial charge in [0.15, 0.2) is 6.10 Å². The number of carbonyl (C=O) groups excluding carboxylic acids is 1. The monoisotopic (exact) mass is 199 g/mol. The molecule has 4 heteroatoms. The van der Waals surface area contributed by atoms with Crippen molar-refractivity contribution in [2.24, 2.45) is 0 Å². The second-order valence-corrected chi connectivity index (χ2v) is 3.91. The molecule has 1 saturated carbocycles. The Balaban J connectivity index is 1.75. The number of hydrogen-bond donors (Lipinski definition) is 1. The van der Waals surface area contributed by atoms with Crippen molar-refractivity contribution in [1.82, 2.24) is 5.32 Å². The maximum atomic E-state index is 11.6. The quantitative estimate of drug-likeness (QED) is 0.656. The van der Waals surface area contributed by atoms with Gasteiger partial charge in [-0.05, 0) is 25.7 Å². The molecule has 0 spiro atoms. The van der Waals surface area contributed by atoms with E-state index in [1.165, 1.54) is 12.8 Å². The largest absolute Gasteiger partial charge is 0.460 e. The summed E-state index contributed by atoms with van der Waals surface area (Å²) in [6.07, 6.45) is 4.17. The van der Waals surface area contributed by atoms with E-state index in [4.69, 9.17) is 9.47 Å². The molecular formula is C10H17NO3. The summed E-state index contributed by atoms with van der Waals surface area (Å²) in [5, 5.41) is 3.11. The molecular weight excluding hydrogens is 182 g/mol. The van der Waals surface area contributed by atoms with Crippen LogP contribution in [0.2, 0.25) is 0 Å². The molecule has 0 amide bonds. The summed E-state index contributed by atoms with van der Waals surface area (Å²) in [5.74, 6) is -0.191. The zero-order chi connectivity index (χ0) is 9.80. The summed E-state index contributed by atoms with van der Waals surface area (Å²) in [4.78, 5) is 11.6. The van der Waals surface area contributed by atoms with E-state index >= 15 is 0 Å². The highest BCUT2D eigenvalue weighted by molar-refractivity contribution is 5.75. The molecule has 2 fully saturated rings. The second kappa shape index (κ2) is 4.75. The maximum Gasteiger partial charge on any atom is 0.336 e. The Morgan fingerprint density at radius 3 is 2.79 bits per heavy atom. The average molecular weight is 199 g/mol. The fourth-order valence-corrected chi connectivity index (χ4v) is 1.96. The molecule has 0 aromatic carbocycles. The standard InChI is InChI=1S/C10H17NO3/c12-10(9-7-11-5-6-13-9)14-8-3-1-2-4-8/h8-9,11H,1-7H2. The Morgan fingerprint density at radius 2 is 2.14 bits per heavy atom. The molecule has 1 aliphatic carbocycles. The van der Waals surface area contributed by atoms with Crippen molar-refractivity contribution in [1.29, 1.82) is 0 Å². The molecule has 1 unspecified atom stereocenters. The van der Waals surface area contributed by atoms with Gasteiger partial charge in [0.05, 0.1) is 6.61 Å². The van der Waals surface area contributed by atoms with Crippen molar-refractivity contribution in [3.63, 3.8) is 0 Å². The van der Waals surface area contributed by atoms with Crippen LogP contribution in [0.15, 0.2) is 0 Å². The van der Waals surface area contributed by atoms with Crippen molar-refractivity contribution in [3.05, 3.63) is 0 Å². The first-order chi connectivity index (χ1) is 6.86. The van der Waals surface area contributed by atoms with E-state index in [2.05, 4.69) is 5.32 Å². The van der Waals surface area contributed by atoms with Crippen LogP contribution < -0.4 is 5.32 Å². The lowest BCUT2D eigenvalue weighted by molar-refractivity contribution is -0.163. The van der Waals surface area contributed by atoms with Gasteiger partial charge in [-0.3, -0.25) is 0 Å². The van der Waals surface area contributed by atoms with Crippen LogP contribution in [0.1, 0.15) is 25.7 Å². The molecule has 1 saturated heterocycles. The maximum absolute atomic E-state index is 11.6. The van der Waals surface area contributed by atoms with Gasteiger partial charge in [0.25, 0.3) is 0 Å². The van der Waals surface area contributed by atoms with Gasteiger partial charge in [-0.15, -0.1) is 0 Å². The summed E-state index contributed by atoms with van der Waals surface area (Å²) in [7, 11) is 0. The summed E-state index contributed by atoms with van der Waals surface area (Å²) >= 11 is 0. The number of rotatable bonds is 2. The van der Waals surface area contributed by atoms with Crippen molar-refractivity contribution in [2.75, 3.05) is 19.7 Å². The SMILES string of the molecule is O=C(OC1CCCC1)C1CNCCO1. The Labute approximate surface area is 84.0 Å². The van der Waals surface area contributed by atoms with E-state index in [9.17, 15) is 4.79 Å². The Hall–Kier alpha value is -0.610.